The summed E-state index contributed by atoms with van der Waals surface area (Å²) in [6, 6.07) is 0. The number of hydrogen-bond donors (Lipinski definition) is 1. The van der Waals surface area contributed by atoms with Gasteiger partial charge in [-0.15, -0.1) is 12.3 Å². The first kappa shape index (κ1) is 16.5. The zero-order valence-corrected chi connectivity index (χ0v) is 12.1. The van der Waals surface area contributed by atoms with Gasteiger partial charge >= 0.3 is 5.97 Å². The van der Waals surface area contributed by atoms with Gasteiger partial charge in [0.2, 0.25) is 0 Å². The van der Waals surface area contributed by atoms with E-state index < -0.39 is 12.1 Å². The molecule has 0 saturated carbocycles. The first-order valence-corrected chi connectivity index (χ1v) is 7.39. The van der Waals surface area contributed by atoms with Crippen LogP contribution in [0.5, 0.6) is 0 Å². The molecular weight excluding hydrogens is 252 g/mol. The lowest BCUT2D eigenvalue weighted by molar-refractivity contribution is -0.132. The van der Waals surface area contributed by atoms with Gasteiger partial charge in [-0.1, -0.05) is 44.8 Å². The summed E-state index contributed by atoms with van der Waals surface area (Å²) >= 11 is 0. The van der Waals surface area contributed by atoms with Crippen LogP contribution in [0.2, 0.25) is 0 Å². The van der Waals surface area contributed by atoms with E-state index in [1.807, 2.05) is 0 Å². The second-order valence-electron chi connectivity index (χ2n) is 5.14. The number of carbonyl (C=O) groups excluding carboxylic acids is 1. The van der Waals surface area contributed by atoms with E-state index in [4.69, 9.17) is 11.2 Å². The Labute approximate surface area is 121 Å². The number of cyclic esters (lactones) is 1. The third-order valence-electron chi connectivity index (χ3n) is 3.45. The average molecular weight is 276 g/mol. The van der Waals surface area contributed by atoms with Gasteiger partial charge < -0.3 is 9.84 Å². The van der Waals surface area contributed by atoms with Crippen molar-refractivity contribution in [2.24, 2.45) is 0 Å². The predicted molar refractivity (Wildman–Crippen MR) is 79.7 cm³/mol. The first-order chi connectivity index (χ1) is 9.66. The highest BCUT2D eigenvalue weighted by Gasteiger charge is 2.32. The van der Waals surface area contributed by atoms with E-state index in [0.717, 1.165) is 32.1 Å². The fraction of sp³-hybridized carbons (Fsp3) is 0.588. The molecule has 0 aromatic carbocycles. The second-order valence-corrected chi connectivity index (χ2v) is 5.14. The van der Waals surface area contributed by atoms with Crippen LogP contribution in [-0.2, 0) is 9.53 Å². The van der Waals surface area contributed by atoms with E-state index >= 15 is 0 Å². The largest absolute Gasteiger partial charge is 0.425 e. The lowest BCUT2D eigenvalue weighted by atomic mass is 10.1. The third kappa shape index (κ3) is 5.63. The van der Waals surface area contributed by atoms with Crippen LogP contribution in [0.25, 0.3) is 0 Å². The maximum absolute atomic E-state index is 11.4. The second kappa shape index (κ2) is 9.39. The van der Waals surface area contributed by atoms with Crippen molar-refractivity contribution in [3.05, 3.63) is 24.0 Å². The molecule has 1 aliphatic rings. The number of esters is 1. The van der Waals surface area contributed by atoms with Gasteiger partial charge in [0.05, 0.1) is 5.57 Å². The van der Waals surface area contributed by atoms with Gasteiger partial charge in [-0.25, -0.2) is 4.79 Å². The topological polar surface area (TPSA) is 46.5 Å². The zero-order chi connectivity index (χ0) is 14.8. The number of terminal acetylenes is 1. The highest BCUT2D eigenvalue weighted by molar-refractivity contribution is 5.93. The highest BCUT2D eigenvalue weighted by Crippen LogP contribution is 2.23. The van der Waals surface area contributed by atoms with Crippen LogP contribution in [0.3, 0.4) is 0 Å². The molecule has 0 unspecified atom stereocenters. The molecule has 1 N–H and O–H groups in total. The Bertz CT molecular complexity index is 401. The van der Waals surface area contributed by atoms with Crippen molar-refractivity contribution in [2.75, 3.05) is 0 Å². The Morgan fingerprint density at radius 2 is 1.80 bits per heavy atom. The van der Waals surface area contributed by atoms with Crippen molar-refractivity contribution in [3.63, 3.8) is 0 Å². The number of allylic oxidation sites excluding steroid dienone is 1. The van der Waals surface area contributed by atoms with Gasteiger partial charge in [-0.3, -0.25) is 0 Å². The van der Waals surface area contributed by atoms with E-state index in [0.29, 0.717) is 5.57 Å². The summed E-state index contributed by atoms with van der Waals surface area (Å²) in [5.74, 6) is 2.32. The van der Waals surface area contributed by atoms with Gasteiger partial charge in [0.1, 0.15) is 11.9 Å². The van der Waals surface area contributed by atoms with Crippen molar-refractivity contribution < 1.29 is 14.6 Å². The summed E-state index contributed by atoms with van der Waals surface area (Å²) in [6.45, 7) is 3.49. The van der Waals surface area contributed by atoms with Crippen LogP contribution in [0.15, 0.2) is 24.0 Å². The summed E-state index contributed by atoms with van der Waals surface area (Å²) in [6.07, 6.45) is 15.9. The van der Waals surface area contributed by atoms with E-state index in [1.54, 1.807) is 6.08 Å². The number of carbonyl (C=O) groups is 1. The smallest absolute Gasteiger partial charge is 0.341 e. The van der Waals surface area contributed by atoms with E-state index in [1.165, 1.54) is 25.7 Å². The molecule has 0 aliphatic carbocycles. The molecule has 1 aliphatic heterocycles. The number of aliphatic hydroxyl groups excluding tert-OH is 1. The van der Waals surface area contributed by atoms with Gasteiger partial charge in [0.25, 0.3) is 0 Å². The molecule has 3 heteroatoms. The van der Waals surface area contributed by atoms with Crippen molar-refractivity contribution in [1.82, 2.24) is 0 Å². The van der Waals surface area contributed by atoms with E-state index in [2.05, 4.69) is 12.5 Å². The Morgan fingerprint density at radius 3 is 2.35 bits per heavy atom. The molecule has 20 heavy (non-hydrogen) atoms. The monoisotopic (exact) mass is 276 g/mol. The molecule has 0 aromatic rings. The summed E-state index contributed by atoms with van der Waals surface area (Å²) < 4.78 is 4.76. The molecule has 1 saturated heterocycles. The lowest BCUT2D eigenvalue weighted by Gasteiger charge is -2.01. The molecule has 110 valence electrons. The van der Waals surface area contributed by atoms with Gasteiger partial charge in [0, 0.05) is 6.42 Å². The lowest BCUT2D eigenvalue weighted by Crippen LogP contribution is -2.07. The number of ether oxygens (including phenoxy) is 1. The maximum Gasteiger partial charge on any atom is 0.341 e. The summed E-state index contributed by atoms with van der Waals surface area (Å²) in [5.41, 5.74) is 0.337. The predicted octanol–water partition coefficient (Wildman–Crippen LogP) is 3.49. The normalized spacial score (nSPS) is 20.2. The molecule has 0 bridgehead atoms. The maximum atomic E-state index is 11.4. The average Bonchev–Trinajstić information content (AvgIpc) is 2.67. The summed E-state index contributed by atoms with van der Waals surface area (Å²) in [7, 11) is 0. The van der Waals surface area contributed by atoms with Crippen LogP contribution in [0.1, 0.15) is 57.8 Å². The Balaban J connectivity index is 2.04. The molecule has 1 fully saturated rings. The number of rotatable bonds is 9. The SMILES string of the molecule is C#CCCCCCCCCC/C=C1/C(=O)OC(=C)[C@@H]1O. The summed E-state index contributed by atoms with van der Waals surface area (Å²) in [4.78, 5) is 11.4. The van der Waals surface area contributed by atoms with Crippen LogP contribution >= 0.6 is 0 Å². The molecule has 1 rings (SSSR count). The summed E-state index contributed by atoms with van der Waals surface area (Å²) in [5, 5.41) is 9.64. The third-order valence-corrected chi connectivity index (χ3v) is 3.45. The van der Waals surface area contributed by atoms with Crippen LogP contribution in [0.4, 0.5) is 0 Å². The Morgan fingerprint density at radius 1 is 1.20 bits per heavy atom. The molecular formula is C17H24O3. The fourth-order valence-corrected chi connectivity index (χ4v) is 2.23. The number of hydrogen-bond acceptors (Lipinski definition) is 3. The number of aliphatic hydroxyl groups is 1. The van der Waals surface area contributed by atoms with Crippen molar-refractivity contribution in [2.45, 2.75) is 63.9 Å². The van der Waals surface area contributed by atoms with Crippen molar-refractivity contribution in [1.29, 1.82) is 0 Å². The fourth-order valence-electron chi connectivity index (χ4n) is 2.23. The minimum Gasteiger partial charge on any atom is -0.425 e. The Kier molecular flexibility index (Phi) is 7.75. The standard InChI is InChI=1S/C17H24O3/c1-3-4-5-6-7-8-9-10-11-12-13-15-16(18)14(2)20-17(15)19/h1,13,16,18H,2,4-12H2/b15-13+/t16-/m0/s1. The van der Waals surface area contributed by atoms with Crippen LogP contribution in [0, 0.1) is 12.3 Å². The molecule has 1 atom stereocenters. The van der Waals surface area contributed by atoms with E-state index in [9.17, 15) is 9.90 Å². The van der Waals surface area contributed by atoms with Gasteiger partial charge in [-0.2, -0.15) is 0 Å². The molecule has 0 aromatic heterocycles. The quantitative estimate of drug-likeness (QED) is 0.303. The zero-order valence-electron chi connectivity index (χ0n) is 12.1. The minimum absolute atomic E-state index is 0.133. The minimum atomic E-state index is -0.946. The van der Waals surface area contributed by atoms with Crippen molar-refractivity contribution >= 4 is 5.97 Å². The highest BCUT2D eigenvalue weighted by atomic mass is 16.6. The van der Waals surface area contributed by atoms with Crippen LogP contribution in [-0.4, -0.2) is 17.2 Å². The van der Waals surface area contributed by atoms with E-state index in [-0.39, 0.29) is 5.76 Å². The molecule has 1 heterocycles. The molecule has 0 spiro atoms. The van der Waals surface area contributed by atoms with Crippen LogP contribution < -0.4 is 0 Å². The van der Waals surface area contributed by atoms with Crippen molar-refractivity contribution in [3.8, 4) is 12.3 Å². The Hall–Kier alpha value is -1.53. The van der Waals surface area contributed by atoms with Gasteiger partial charge in [-0.05, 0) is 19.3 Å². The molecule has 0 radical (unpaired) electrons. The molecule has 3 nitrogen and oxygen atoms in total. The first-order valence-electron chi connectivity index (χ1n) is 7.39. The number of unbranched alkanes of at least 4 members (excludes halogenated alkanes) is 8. The van der Waals surface area contributed by atoms with Gasteiger partial charge in [0.15, 0.2) is 0 Å². The molecule has 0 amide bonds.